The normalized spacial score (nSPS) is 15.4. The molecule has 4 heteroatoms. The molecule has 0 bridgehead atoms. The van der Waals surface area contributed by atoms with Crippen LogP contribution in [-0.2, 0) is 27.1 Å². The molecule has 0 amide bonds. The zero-order valence-corrected chi connectivity index (χ0v) is 54.9. The fourth-order valence-electron chi connectivity index (χ4n) is 14.0. The largest absolute Gasteiger partial charge is 0.310 e. The summed E-state index contributed by atoms with van der Waals surface area (Å²) in [7, 11) is -1.08. The van der Waals surface area contributed by atoms with Crippen molar-refractivity contribution in [2.45, 2.75) is 118 Å². The van der Waals surface area contributed by atoms with Gasteiger partial charge in [0.05, 0.1) is 16.8 Å². The third-order valence-electron chi connectivity index (χ3n) is 18.6. The lowest BCUT2D eigenvalue weighted by Crippen LogP contribution is -2.30. The lowest BCUT2D eigenvalue weighted by atomic mass is 9.67. The Morgan fingerprint density at radius 2 is 0.747 bits per heavy atom. The van der Waals surface area contributed by atoms with Crippen molar-refractivity contribution in [1.29, 1.82) is 0 Å². The van der Waals surface area contributed by atoms with Crippen molar-refractivity contribution >= 4 is 66.7 Å². The van der Waals surface area contributed by atoms with Gasteiger partial charge in [0.25, 0.3) is 0 Å². The van der Waals surface area contributed by atoms with Crippen LogP contribution in [0.3, 0.4) is 0 Å². The molecule has 0 saturated heterocycles. The lowest BCUT2D eigenvalue weighted by Gasteiger charge is -2.38. The van der Waals surface area contributed by atoms with Gasteiger partial charge < -0.3 is 9.80 Å². The third kappa shape index (κ3) is 10.0. The first-order valence-corrected chi connectivity index (χ1v) is 34.6. The molecule has 2 aliphatic carbocycles. The Bertz CT molecular complexity index is 4360. The Morgan fingerprint density at radius 1 is 0.356 bits per heavy atom. The van der Waals surface area contributed by atoms with Crippen LogP contribution in [0, 0.1) is 0 Å². The highest BCUT2D eigenvalue weighted by molar-refractivity contribution is 8.32. The van der Waals surface area contributed by atoms with Crippen LogP contribution < -0.4 is 9.80 Å². The highest BCUT2D eigenvalue weighted by atomic mass is 32.3. The molecular weight excluding hydrogens is 1090 g/mol. The number of para-hydroxylation sites is 2. The molecule has 11 aromatic rings. The number of anilines is 6. The van der Waals surface area contributed by atoms with E-state index in [1.807, 2.05) is 11.8 Å². The molecule has 0 heterocycles. The molecular formula is C83H82N2S2. The van der Waals surface area contributed by atoms with E-state index in [-0.39, 0.29) is 21.7 Å². The maximum absolute atomic E-state index is 2.66. The molecule has 0 spiro atoms. The van der Waals surface area contributed by atoms with Crippen LogP contribution in [0.2, 0.25) is 0 Å². The van der Waals surface area contributed by atoms with E-state index < -0.39 is 15.4 Å². The Labute approximate surface area is 524 Å². The highest BCUT2D eigenvalue weighted by Gasteiger charge is 2.52. The summed E-state index contributed by atoms with van der Waals surface area (Å²) < 4.78 is 0. The quantitative estimate of drug-likeness (QED) is 0.127. The summed E-state index contributed by atoms with van der Waals surface area (Å²) in [4.78, 5) is 8.91. The van der Waals surface area contributed by atoms with E-state index in [1.54, 1.807) is 0 Å². The summed E-state index contributed by atoms with van der Waals surface area (Å²) in [5, 5.41) is 2.43. The number of benzene rings is 11. The van der Waals surface area contributed by atoms with Gasteiger partial charge in [-0.15, -0.1) is 0 Å². The number of rotatable bonds is 11. The second kappa shape index (κ2) is 21.4. The predicted octanol–water partition coefficient (Wildman–Crippen LogP) is 23.5. The zero-order chi connectivity index (χ0) is 61.0. The minimum Gasteiger partial charge on any atom is -0.310 e. The van der Waals surface area contributed by atoms with Crippen LogP contribution in [-0.4, -0.2) is 18.8 Å². The van der Waals surface area contributed by atoms with Gasteiger partial charge in [-0.3, -0.25) is 0 Å². The first-order valence-electron chi connectivity index (χ1n) is 30.9. The van der Waals surface area contributed by atoms with Crippen LogP contribution in [0.5, 0.6) is 0 Å². The van der Waals surface area contributed by atoms with E-state index in [0.29, 0.717) is 0 Å². The maximum Gasteiger partial charge on any atom is 0.0715 e. The van der Waals surface area contributed by atoms with Crippen molar-refractivity contribution in [1.82, 2.24) is 0 Å². The summed E-state index contributed by atoms with van der Waals surface area (Å²) >= 11 is 1.84. The minimum atomic E-state index is -1.08. The smallest absolute Gasteiger partial charge is 0.0715 e. The first kappa shape index (κ1) is 58.0. The lowest BCUT2D eigenvalue weighted by molar-refractivity contribution is 0.589. The molecule has 436 valence electrons. The van der Waals surface area contributed by atoms with Crippen molar-refractivity contribution in [2.24, 2.45) is 0 Å². The van der Waals surface area contributed by atoms with Crippen LogP contribution in [0.1, 0.15) is 126 Å². The summed E-state index contributed by atoms with van der Waals surface area (Å²) in [6.07, 6.45) is 7.24. The number of hydrogen-bond donors (Lipinski definition) is 0. The van der Waals surface area contributed by atoms with Crippen LogP contribution in [0.4, 0.5) is 34.1 Å². The Balaban J connectivity index is 1.20. The van der Waals surface area contributed by atoms with E-state index in [1.165, 1.54) is 103 Å². The average Bonchev–Trinajstić information content (AvgIpc) is 1.50. The second-order valence-corrected chi connectivity index (χ2v) is 33.8. The van der Waals surface area contributed by atoms with Crippen molar-refractivity contribution in [2.75, 3.05) is 28.6 Å². The molecule has 0 N–H and O–H groups in total. The molecule has 0 aliphatic heterocycles. The van der Waals surface area contributed by atoms with E-state index in [0.717, 1.165) is 28.4 Å². The fraction of sp³-hybridized carbons (Fsp3) is 0.229. The molecule has 87 heavy (non-hydrogen) atoms. The van der Waals surface area contributed by atoms with Gasteiger partial charge >= 0.3 is 0 Å². The van der Waals surface area contributed by atoms with Gasteiger partial charge in [0, 0.05) is 43.3 Å². The average molecular weight is 1170 g/mol. The Hall–Kier alpha value is -8.02. The zero-order valence-electron chi connectivity index (χ0n) is 53.3. The van der Waals surface area contributed by atoms with Gasteiger partial charge in [-0.25, -0.2) is 10.0 Å². The van der Waals surface area contributed by atoms with Crippen molar-refractivity contribution in [3.8, 4) is 22.3 Å². The van der Waals surface area contributed by atoms with Gasteiger partial charge in [-0.05, 0) is 215 Å². The van der Waals surface area contributed by atoms with E-state index in [2.05, 4.69) is 347 Å². The molecule has 0 saturated carbocycles. The molecule has 0 fully saturated rings. The van der Waals surface area contributed by atoms with Gasteiger partial charge in [0.2, 0.25) is 0 Å². The Morgan fingerprint density at radius 3 is 1.24 bits per heavy atom. The topological polar surface area (TPSA) is 6.48 Å². The van der Waals surface area contributed by atoms with E-state index >= 15 is 0 Å². The number of nitrogens with zero attached hydrogens (tertiary/aromatic N) is 2. The summed E-state index contributed by atoms with van der Waals surface area (Å²) in [5.41, 5.74) is 22.5. The molecule has 1 unspecified atom stereocenters. The Kier molecular flexibility index (Phi) is 14.3. The summed E-state index contributed by atoms with van der Waals surface area (Å²) in [6, 6.07) is 93.5. The predicted molar refractivity (Wildman–Crippen MR) is 378 cm³/mol. The van der Waals surface area contributed by atoms with Crippen molar-refractivity contribution < 1.29 is 0 Å². The monoisotopic (exact) mass is 1170 g/mol. The van der Waals surface area contributed by atoms with Crippen molar-refractivity contribution in [3.63, 3.8) is 0 Å². The van der Waals surface area contributed by atoms with E-state index in [4.69, 9.17) is 0 Å². The number of hydrogen-bond acceptors (Lipinski definition) is 3. The molecule has 13 rings (SSSR count). The molecule has 2 nitrogen and oxygen atoms in total. The van der Waals surface area contributed by atoms with Crippen LogP contribution >= 0.6 is 21.8 Å². The van der Waals surface area contributed by atoms with Crippen LogP contribution in [0.25, 0.3) is 33.0 Å². The summed E-state index contributed by atoms with van der Waals surface area (Å²) in [6.45, 7) is 25.6. The van der Waals surface area contributed by atoms with Gasteiger partial charge in [-0.2, -0.15) is 0 Å². The SMILES string of the molecule is CC(C)(C)c1ccc(Sc2ccc(C3(c4ccc(S(C)(C)C)cc4)c4cc(N(c5ccccc5)c5ccc(C(C)(C)C)cc5)c5c(c4-c4c3cc(N(c3ccccc3)c3ccc(C(C)(C)C)cc3)c3ccccc43)-c3ccccc3C5(C)C)cc2)cc1. The van der Waals surface area contributed by atoms with Crippen molar-refractivity contribution in [3.05, 3.63) is 293 Å². The van der Waals surface area contributed by atoms with Gasteiger partial charge in [0.15, 0.2) is 0 Å². The van der Waals surface area contributed by atoms with E-state index in [9.17, 15) is 0 Å². The third-order valence-corrected chi connectivity index (χ3v) is 21.3. The molecule has 0 aromatic heterocycles. The molecule has 2 aliphatic rings. The van der Waals surface area contributed by atoms with Gasteiger partial charge in [0.1, 0.15) is 0 Å². The molecule has 11 aromatic carbocycles. The minimum absolute atomic E-state index is 0.00497. The molecule has 1 atom stereocenters. The first-order chi connectivity index (χ1) is 41.4. The number of fused-ring (bicyclic) bond motifs is 9. The van der Waals surface area contributed by atoms with Gasteiger partial charge in [-0.1, -0.05) is 234 Å². The van der Waals surface area contributed by atoms with Crippen LogP contribution in [0.15, 0.2) is 257 Å². The summed E-state index contributed by atoms with van der Waals surface area (Å²) in [5.74, 6) is 0. The molecule has 0 radical (unpaired) electrons. The highest BCUT2D eigenvalue weighted by Crippen LogP contribution is 2.67. The fourth-order valence-corrected chi connectivity index (χ4v) is 15.8. The maximum atomic E-state index is 2.66. The second-order valence-electron chi connectivity index (χ2n) is 28.6. The standard InChI is InChI=1S/C83H82N2S2/c1-79(2,3)55-33-43-62(44-34-55)84(60-25-17-15-18-26-60)73-53-71-75(68-30-22-21-29-67(68)73)77-72(83(71,59-41-51-66(52-42-59)87(12,13)14)58-39-49-65(50-40-58)86-64-47-37-57(38-48-64)81(7,8)9)54-74(78-76(77)69-31-23-24-32-70(69)82(78,10)11)85(61-27-19-16-20-28-61)63-45-35-56(36-46-63)80(4,5)6/h15-54H,1-14H3.